The van der Waals surface area contributed by atoms with E-state index in [1.54, 1.807) is 31.4 Å². The Morgan fingerprint density at radius 3 is 2.32 bits per heavy atom. The molecule has 3 aromatic rings. The number of Topliss-reactive ketones (excluding diaryl/α,β-unsaturated/α-hetero) is 1. The van der Waals surface area contributed by atoms with Crippen molar-refractivity contribution in [1.82, 2.24) is 0 Å². The number of esters is 2. The summed E-state index contributed by atoms with van der Waals surface area (Å²) in [4.78, 5) is 43.6. The Kier molecular flexibility index (Phi) is 8.64. The molecular weight excluding hydrogens is 600 g/mol. The Bertz CT molecular complexity index is 1650. The second-order valence-electron chi connectivity index (χ2n) is 10.2. The van der Waals surface area contributed by atoms with Gasteiger partial charge in [-0.25, -0.2) is 9.18 Å². The third-order valence-corrected chi connectivity index (χ3v) is 8.62. The Labute approximate surface area is 254 Å². The van der Waals surface area contributed by atoms with E-state index in [4.69, 9.17) is 15.2 Å². The number of hydrogen-bond donors (Lipinski definition) is 1. The summed E-state index contributed by atoms with van der Waals surface area (Å²) in [5, 5.41) is 1.79. The number of rotatable bonds is 7. The number of carbonyl (C=O) groups excluding carboxylic acids is 3. The van der Waals surface area contributed by atoms with Crippen molar-refractivity contribution >= 4 is 34.7 Å². The number of nitrogens with two attached hydrogens (primary N) is 1. The van der Waals surface area contributed by atoms with Gasteiger partial charge >= 0.3 is 18.1 Å². The standard InChI is InChI=1S/C32H28F4N2O5S/c1-3-42-30(40)25-21(23-9-6-14-44-23)16-22-26(28(25)39)24(17-7-5-8-19(33)15-17)27(31(41)43-4-2)29(37)38(22)20-12-10-18(11-13-20)32(34,35)36/h5-15,21,24-25H,3-4,16,37H2,1-2H3/t21-,24+,25+/m0/s1. The van der Waals surface area contributed by atoms with Gasteiger partial charge in [0.25, 0.3) is 0 Å². The number of thiophene rings is 1. The van der Waals surface area contributed by atoms with Gasteiger partial charge in [-0.3, -0.25) is 14.5 Å². The number of ether oxygens (including phenoxy) is 2. The molecule has 1 aliphatic carbocycles. The van der Waals surface area contributed by atoms with Gasteiger partial charge in [0.05, 0.1) is 30.3 Å². The number of nitrogens with zero attached hydrogens (tertiary/aromatic N) is 1. The van der Waals surface area contributed by atoms with Crippen molar-refractivity contribution in [1.29, 1.82) is 0 Å². The highest BCUT2D eigenvalue weighted by Crippen LogP contribution is 2.52. The molecule has 44 heavy (non-hydrogen) atoms. The van der Waals surface area contributed by atoms with Gasteiger partial charge in [0, 0.05) is 27.8 Å². The summed E-state index contributed by atoms with van der Waals surface area (Å²) < 4.78 is 65.6. The van der Waals surface area contributed by atoms with Crippen molar-refractivity contribution < 1.29 is 41.4 Å². The average molecular weight is 629 g/mol. The molecule has 0 saturated carbocycles. The van der Waals surface area contributed by atoms with Gasteiger partial charge in [0.2, 0.25) is 0 Å². The van der Waals surface area contributed by atoms with Crippen LogP contribution in [0.2, 0.25) is 0 Å². The number of anilines is 1. The molecule has 2 N–H and O–H groups in total. The molecule has 2 aromatic carbocycles. The van der Waals surface area contributed by atoms with Crippen molar-refractivity contribution in [2.24, 2.45) is 11.7 Å². The number of alkyl halides is 3. The first-order valence-electron chi connectivity index (χ1n) is 13.8. The number of allylic oxidation sites excluding steroid dienone is 2. The van der Waals surface area contributed by atoms with Crippen LogP contribution in [0, 0.1) is 11.7 Å². The fourth-order valence-electron chi connectivity index (χ4n) is 5.82. The highest BCUT2D eigenvalue weighted by Gasteiger charge is 2.51. The Morgan fingerprint density at radius 2 is 1.73 bits per heavy atom. The molecule has 0 fully saturated rings. The number of hydrogen-bond acceptors (Lipinski definition) is 8. The Hall–Kier alpha value is -4.45. The molecule has 3 atom stereocenters. The smallest absolute Gasteiger partial charge is 0.416 e. The minimum absolute atomic E-state index is 0.0115. The molecule has 2 heterocycles. The molecule has 1 aliphatic heterocycles. The van der Waals surface area contributed by atoms with Crippen LogP contribution >= 0.6 is 11.3 Å². The molecule has 0 saturated heterocycles. The third-order valence-electron chi connectivity index (χ3n) is 7.62. The van der Waals surface area contributed by atoms with Crippen LogP contribution in [0.3, 0.4) is 0 Å². The van der Waals surface area contributed by atoms with Gasteiger partial charge < -0.3 is 15.2 Å². The van der Waals surface area contributed by atoms with E-state index >= 15 is 0 Å². The van der Waals surface area contributed by atoms with Crippen molar-refractivity contribution in [2.75, 3.05) is 18.1 Å². The summed E-state index contributed by atoms with van der Waals surface area (Å²) in [6, 6.07) is 13.0. The normalized spacial score (nSPS) is 20.5. The van der Waals surface area contributed by atoms with Gasteiger partial charge in [0.15, 0.2) is 5.78 Å². The molecule has 230 valence electrons. The average Bonchev–Trinajstić information content (AvgIpc) is 3.51. The van der Waals surface area contributed by atoms with Crippen LogP contribution in [-0.4, -0.2) is 30.9 Å². The second-order valence-corrected chi connectivity index (χ2v) is 11.1. The van der Waals surface area contributed by atoms with Crippen molar-refractivity contribution in [3.05, 3.63) is 111 Å². The second kappa shape index (κ2) is 12.3. The lowest BCUT2D eigenvalue weighted by Crippen LogP contribution is -2.46. The maximum absolute atomic E-state index is 14.6. The molecule has 1 aromatic heterocycles. The molecular formula is C32H28F4N2O5S. The molecule has 0 bridgehead atoms. The maximum Gasteiger partial charge on any atom is 0.416 e. The van der Waals surface area contributed by atoms with E-state index in [1.165, 1.54) is 46.6 Å². The maximum atomic E-state index is 14.6. The SMILES string of the molecule is CCOC(=O)C1=C(N)N(c2ccc(C(F)(F)F)cc2)C2=C(C(=O)[C@H](C(=O)OCC)[C@H](c3cccs3)C2)[C@H]1c1cccc(F)c1. The molecule has 5 rings (SSSR count). The molecule has 12 heteroatoms. The van der Waals surface area contributed by atoms with Crippen LogP contribution in [0.25, 0.3) is 0 Å². The summed E-state index contributed by atoms with van der Waals surface area (Å²) in [6.07, 6.45) is -4.57. The molecule has 0 unspecified atom stereocenters. The van der Waals surface area contributed by atoms with E-state index in [-0.39, 0.29) is 53.5 Å². The lowest BCUT2D eigenvalue weighted by Gasteiger charge is -2.43. The van der Waals surface area contributed by atoms with Crippen LogP contribution in [0.1, 0.15) is 48.1 Å². The summed E-state index contributed by atoms with van der Waals surface area (Å²) in [5.41, 5.74) is 6.19. The van der Waals surface area contributed by atoms with E-state index in [2.05, 4.69) is 0 Å². The Morgan fingerprint density at radius 1 is 1.02 bits per heavy atom. The lowest BCUT2D eigenvalue weighted by molar-refractivity contribution is -0.152. The number of carbonyl (C=O) groups is 3. The first-order chi connectivity index (χ1) is 21.0. The van der Waals surface area contributed by atoms with Crippen LogP contribution < -0.4 is 10.6 Å². The monoisotopic (exact) mass is 628 g/mol. The minimum atomic E-state index is -4.61. The van der Waals surface area contributed by atoms with Crippen LogP contribution in [0.4, 0.5) is 23.2 Å². The highest BCUT2D eigenvalue weighted by molar-refractivity contribution is 7.10. The van der Waals surface area contributed by atoms with Gasteiger partial charge in [-0.1, -0.05) is 18.2 Å². The molecule has 0 spiro atoms. The summed E-state index contributed by atoms with van der Waals surface area (Å²) in [7, 11) is 0. The van der Waals surface area contributed by atoms with Crippen LogP contribution in [0.15, 0.2) is 88.7 Å². The summed E-state index contributed by atoms with van der Waals surface area (Å²) in [5.74, 6) is -6.40. The van der Waals surface area contributed by atoms with E-state index in [1.807, 2.05) is 0 Å². The minimum Gasteiger partial charge on any atom is -0.465 e. The molecule has 2 aliphatic rings. The van der Waals surface area contributed by atoms with Crippen LogP contribution in [0.5, 0.6) is 0 Å². The van der Waals surface area contributed by atoms with Crippen molar-refractivity contribution in [3.8, 4) is 0 Å². The predicted molar refractivity (Wildman–Crippen MR) is 155 cm³/mol. The Balaban J connectivity index is 1.81. The van der Waals surface area contributed by atoms with Gasteiger partial charge in [-0.15, -0.1) is 11.3 Å². The largest absolute Gasteiger partial charge is 0.465 e. The molecule has 0 amide bonds. The zero-order valence-electron chi connectivity index (χ0n) is 23.7. The highest BCUT2D eigenvalue weighted by atomic mass is 32.1. The lowest BCUT2D eigenvalue weighted by atomic mass is 9.68. The summed E-state index contributed by atoms with van der Waals surface area (Å²) >= 11 is 1.33. The van der Waals surface area contributed by atoms with E-state index in [0.717, 1.165) is 18.2 Å². The molecule has 7 nitrogen and oxygen atoms in total. The zero-order chi connectivity index (χ0) is 31.8. The first-order valence-corrected chi connectivity index (χ1v) is 14.7. The van der Waals surface area contributed by atoms with Gasteiger partial charge in [-0.2, -0.15) is 13.2 Å². The first kappa shape index (κ1) is 31.0. The quantitative estimate of drug-likeness (QED) is 0.183. The predicted octanol–water partition coefficient (Wildman–Crippen LogP) is 6.43. The molecule has 0 radical (unpaired) electrons. The number of halogens is 4. The fraction of sp³-hybridized carbons (Fsp3) is 0.281. The number of benzene rings is 2. The van der Waals surface area contributed by atoms with Crippen molar-refractivity contribution in [2.45, 2.75) is 38.3 Å². The van der Waals surface area contributed by atoms with Gasteiger partial charge in [0.1, 0.15) is 17.6 Å². The number of ketones is 1. The third kappa shape index (κ3) is 5.61. The topological polar surface area (TPSA) is 98.9 Å². The zero-order valence-corrected chi connectivity index (χ0v) is 24.5. The van der Waals surface area contributed by atoms with E-state index in [0.29, 0.717) is 4.88 Å². The van der Waals surface area contributed by atoms with Crippen LogP contribution in [-0.2, 0) is 30.0 Å². The van der Waals surface area contributed by atoms with Crippen molar-refractivity contribution in [3.63, 3.8) is 0 Å². The fourth-order valence-corrected chi connectivity index (χ4v) is 6.69. The van der Waals surface area contributed by atoms with E-state index < -0.39 is 53.0 Å². The van der Waals surface area contributed by atoms with Gasteiger partial charge in [-0.05, 0) is 73.7 Å². The summed E-state index contributed by atoms with van der Waals surface area (Å²) in [6.45, 7) is 3.14. The van der Waals surface area contributed by atoms with E-state index in [9.17, 15) is 31.9 Å².